The Labute approximate surface area is 247 Å². The van der Waals surface area contributed by atoms with Gasteiger partial charge in [-0.05, 0) is 67.4 Å². The molecule has 0 saturated carbocycles. The number of nitrogens with zero attached hydrogens (tertiary/aromatic N) is 1. The van der Waals surface area contributed by atoms with Crippen LogP contribution in [0, 0.1) is 0 Å². The van der Waals surface area contributed by atoms with Crippen molar-refractivity contribution in [1.29, 1.82) is 0 Å². The van der Waals surface area contributed by atoms with Crippen molar-refractivity contribution >= 4 is 21.6 Å². The molecule has 0 unspecified atom stereocenters. The molecule has 230 valence electrons. The largest absolute Gasteiger partial charge is 0.494 e. The lowest BCUT2D eigenvalue weighted by Crippen LogP contribution is -2.55. The van der Waals surface area contributed by atoms with Gasteiger partial charge in [-0.15, -0.1) is 0 Å². The Balaban J connectivity index is 1.54. The average Bonchev–Trinajstić information content (AvgIpc) is 3.34. The Hall–Kier alpha value is -3.94. The van der Waals surface area contributed by atoms with Gasteiger partial charge in [0.05, 0.1) is 22.8 Å². The van der Waals surface area contributed by atoms with E-state index in [9.17, 15) is 26.4 Å². The molecule has 0 saturated heterocycles. The van der Waals surface area contributed by atoms with Crippen molar-refractivity contribution in [3.63, 3.8) is 0 Å². The summed E-state index contributed by atoms with van der Waals surface area (Å²) in [5.41, 5.74) is 3.84. The third-order valence-corrected chi connectivity index (χ3v) is 8.69. The van der Waals surface area contributed by atoms with Gasteiger partial charge in [-0.2, -0.15) is 13.2 Å². The number of aliphatic hydroxyl groups excluding tert-OH is 1. The second-order valence-corrected chi connectivity index (χ2v) is 12.0. The molecule has 0 fully saturated rings. The summed E-state index contributed by atoms with van der Waals surface area (Å²) in [6.07, 6.45) is -5.05. The number of aliphatic hydroxyl groups is 1. The Morgan fingerprint density at radius 2 is 1.72 bits per heavy atom. The van der Waals surface area contributed by atoms with Crippen molar-refractivity contribution in [2.45, 2.75) is 49.0 Å². The smallest absolute Gasteiger partial charge is 0.416 e. The number of ether oxygens (including phenoxy) is 2. The molecule has 4 rings (SSSR count). The van der Waals surface area contributed by atoms with Gasteiger partial charge in [0.15, 0.2) is 15.4 Å². The minimum Gasteiger partial charge on any atom is -0.494 e. The number of hydrogen-bond acceptors (Lipinski definition) is 8. The number of sulfone groups is 1. The minimum atomic E-state index is -4.46. The Morgan fingerprint density at radius 1 is 1.05 bits per heavy atom. The van der Waals surface area contributed by atoms with Crippen LogP contribution in [0.15, 0.2) is 88.8 Å². The van der Waals surface area contributed by atoms with Gasteiger partial charge in [-0.1, -0.05) is 30.3 Å². The highest BCUT2D eigenvalue weighted by Gasteiger charge is 2.50. The van der Waals surface area contributed by atoms with Gasteiger partial charge in [-0.3, -0.25) is 10.2 Å². The lowest BCUT2D eigenvalue weighted by Gasteiger charge is -2.28. The number of benzene rings is 3. The summed E-state index contributed by atoms with van der Waals surface area (Å²) in [4.78, 5) is 18.4. The number of carbonyl (C=O) groups excluding carboxylic acids is 1. The zero-order valence-corrected chi connectivity index (χ0v) is 24.1. The van der Waals surface area contributed by atoms with Gasteiger partial charge in [-0.25, -0.2) is 18.8 Å². The summed E-state index contributed by atoms with van der Waals surface area (Å²) in [6.45, 7) is 1.96. The molecule has 0 aromatic heterocycles. The fraction of sp³-hybridized carbons (Fsp3) is 0.333. The standard InChI is InChI=1S/C30H32F3N3O6S/c1-21-29(16-19-43(39,40)26-6-3-2-4-7-26,28(38)36-34-20-22-8-12-24(13-9-22)30(31,32)33)35-27(42-21)23-10-14-25(15-11-23)41-18-5-17-37/h2-4,6-15,21,34,37H,5,16-20H2,1H3,(H,36,38)/t21-,29-/m0/s1. The van der Waals surface area contributed by atoms with Crippen molar-refractivity contribution < 1.29 is 41.0 Å². The van der Waals surface area contributed by atoms with Crippen LogP contribution in [0.25, 0.3) is 0 Å². The topological polar surface area (TPSA) is 126 Å². The van der Waals surface area contributed by atoms with E-state index in [1.54, 1.807) is 49.4 Å². The van der Waals surface area contributed by atoms with Crippen molar-refractivity contribution in [3.05, 3.63) is 95.6 Å². The SMILES string of the molecule is C[C@@H]1OC(c2ccc(OCCCO)cc2)=N[C@]1(CCS(=O)(=O)c1ccccc1)C(=O)NNCc1ccc(C(F)(F)F)cc1. The summed E-state index contributed by atoms with van der Waals surface area (Å²) in [5, 5.41) is 8.93. The molecule has 43 heavy (non-hydrogen) atoms. The summed E-state index contributed by atoms with van der Waals surface area (Å²) in [5.74, 6) is -0.348. The molecule has 3 N–H and O–H groups in total. The van der Waals surface area contributed by atoms with Gasteiger partial charge < -0.3 is 14.6 Å². The molecule has 3 aromatic rings. The monoisotopic (exact) mass is 619 g/mol. The number of amides is 1. The molecule has 0 spiro atoms. The maximum atomic E-state index is 13.6. The molecule has 3 aromatic carbocycles. The van der Waals surface area contributed by atoms with E-state index >= 15 is 0 Å². The highest BCUT2D eigenvalue weighted by molar-refractivity contribution is 7.91. The molecule has 1 heterocycles. The maximum Gasteiger partial charge on any atom is 0.416 e. The van der Waals surface area contributed by atoms with Gasteiger partial charge in [0.2, 0.25) is 5.90 Å². The number of carbonyl (C=O) groups is 1. The summed E-state index contributed by atoms with van der Waals surface area (Å²) in [7, 11) is -3.77. The number of alkyl halides is 3. The summed E-state index contributed by atoms with van der Waals surface area (Å²) >= 11 is 0. The molecule has 1 aliphatic heterocycles. The number of hydrogen-bond donors (Lipinski definition) is 3. The van der Waals surface area contributed by atoms with Crippen LogP contribution in [0.1, 0.15) is 36.5 Å². The second-order valence-electron chi connectivity index (χ2n) is 9.94. The highest BCUT2D eigenvalue weighted by Crippen LogP contribution is 2.34. The van der Waals surface area contributed by atoms with E-state index in [0.717, 1.165) is 12.1 Å². The third kappa shape index (κ3) is 7.92. The summed E-state index contributed by atoms with van der Waals surface area (Å²) in [6, 6.07) is 19.1. The van der Waals surface area contributed by atoms with Crippen LogP contribution < -0.4 is 15.6 Å². The fourth-order valence-corrected chi connectivity index (χ4v) is 5.82. The zero-order valence-electron chi connectivity index (χ0n) is 23.3. The van der Waals surface area contributed by atoms with Crippen molar-refractivity contribution in [1.82, 2.24) is 10.9 Å². The molecule has 0 radical (unpaired) electrons. The lowest BCUT2D eigenvalue weighted by atomic mass is 9.90. The molecule has 0 bridgehead atoms. The maximum absolute atomic E-state index is 13.6. The van der Waals surface area contributed by atoms with Crippen LogP contribution >= 0.6 is 0 Å². The van der Waals surface area contributed by atoms with Crippen LogP contribution in [0.5, 0.6) is 5.75 Å². The lowest BCUT2D eigenvalue weighted by molar-refractivity contribution is -0.137. The van der Waals surface area contributed by atoms with Crippen LogP contribution in [-0.4, -0.2) is 55.9 Å². The fourth-order valence-electron chi connectivity index (χ4n) is 4.43. The van der Waals surface area contributed by atoms with E-state index in [1.165, 1.54) is 24.3 Å². The number of rotatable bonds is 13. The van der Waals surface area contributed by atoms with Crippen molar-refractivity contribution in [3.8, 4) is 5.75 Å². The van der Waals surface area contributed by atoms with Crippen LogP contribution in [0.2, 0.25) is 0 Å². The van der Waals surface area contributed by atoms with Crippen LogP contribution in [0.4, 0.5) is 13.2 Å². The number of aliphatic imine (C=N–C) groups is 1. The molecule has 1 amide bonds. The van der Waals surface area contributed by atoms with Crippen molar-refractivity contribution in [2.24, 2.45) is 4.99 Å². The van der Waals surface area contributed by atoms with Gasteiger partial charge in [0.1, 0.15) is 11.9 Å². The molecule has 13 heteroatoms. The van der Waals surface area contributed by atoms with Crippen LogP contribution in [0.3, 0.4) is 0 Å². The predicted octanol–water partition coefficient (Wildman–Crippen LogP) is 4.06. The van der Waals surface area contributed by atoms with E-state index in [1.807, 2.05) is 0 Å². The first kappa shape index (κ1) is 32.0. The number of nitrogens with one attached hydrogen (secondary N) is 2. The quantitative estimate of drug-likeness (QED) is 0.195. The highest BCUT2D eigenvalue weighted by atomic mass is 32.2. The molecular formula is C30H32F3N3O6S. The normalized spacial score (nSPS) is 18.5. The third-order valence-electron chi connectivity index (χ3n) is 6.96. The Bertz CT molecular complexity index is 1520. The first-order valence-electron chi connectivity index (χ1n) is 13.5. The van der Waals surface area contributed by atoms with Crippen molar-refractivity contribution in [2.75, 3.05) is 19.0 Å². The molecule has 2 atom stereocenters. The van der Waals surface area contributed by atoms with E-state index in [0.29, 0.717) is 29.9 Å². The minimum absolute atomic E-state index is 0.00392. The predicted molar refractivity (Wildman–Crippen MR) is 153 cm³/mol. The molecule has 9 nitrogen and oxygen atoms in total. The Morgan fingerprint density at radius 3 is 2.35 bits per heavy atom. The number of hydrazine groups is 1. The van der Waals surface area contributed by atoms with Gasteiger partial charge in [0, 0.05) is 25.1 Å². The van der Waals surface area contributed by atoms with Crippen LogP contribution in [-0.2, 0) is 32.1 Å². The number of halogens is 3. The van der Waals surface area contributed by atoms with Gasteiger partial charge in [0.25, 0.3) is 5.91 Å². The Kier molecular flexibility index (Phi) is 10.1. The van der Waals surface area contributed by atoms with Gasteiger partial charge >= 0.3 is 6.18 Å². The first-order valence-corrected chi connectivity index (χ1v) is 15.2. The molecule has 0 aliphatic carbocycles. The van der Waals surface area contributed by atoms with E-state index < -0.39 is 44.9 Å². The first-order chi connectivity index (χ1) is 20.4. The average molecular weight is 620 g/mol. The zero-order chi connectivity index (χ0) is 31.1. The van der Waals surface area contributed by atoms with E-state index in [-0.39, 0.29) is 30.4 Å². The second kappa shape index (κ2) is 13.6. The molecule has 1 aliphatic rings. The summed E-state index contributed by atoms with van der Waals surface area (Å²) < 4.78 is 76.4. The van der Waals surface area contributed by atoms with E-state index in [4.69, 9.17) is 14.6 Å². The molecular weight excluding hydrogens is 587 g/mol. The van der Waals surface area contributed by atoms with E-state index in [2.05, 4.69) is 15.8 Å².